The average molecular weight is 360 g/mol. The van der Waals surface area contributed by atoms with Gasteiger partial charge in [-0.15, -0.1) is 0 Å². The third-order valence-electron chi connectivity index (χ3n) is 4.61. The summed E-state index contributed by atoms with van der Waals surface area (Å²) in [5.41, 5.74) is 6.07. The highest BCUT2D eigenvalue weighted by Crippen LogP contribution is 2.31. The summed E-state index contributed by atoms with van der Waals surface area (Å²) in [6.45, 7) is 0.738. The van der Waals surface area contributed by atoms with Crippen molar-refractivity contribution < 1.29 is 19.1 Å². The van der Waals surface area contributed by atoms with E-state index in [-0.39, 0.29) is 42.8 Å². The molecule has 1 saturated carbocycles. The number of rotatable bonds is 8. The summed E-state index contributed by atoms with van der Waals surface area (Å²) >= 11 is 0. The molecule has 0 saturated heterocycles. The van der Waals surface area contributed by atoms with E-state index in [2.05, 4.69) is 16.0 Å². The molecule has 1 aromatic carbocycles. The van der Waals surface area contributed by atoms with Crippen molar-refractivity contribution in [2.45, 2.75) is 37.8 Å². The fourth-order valence-electron chi connectivity index (χ4n) is 3.12. The highest BCUT2D eigenvalue weighted by atomic mass is 16.5. The van der Waals surface area contributed by atoms with Crippen LogP contribution in [0.5, 0.6) is 5.75 Å². The fraction of sp³-hybridized carbons (Fsp3) is 0.500. The number of urea groups is 1. The Hall–Kier alpha value is -2.77. The van der Waals surface area contributed by atoms with Gasteiger partial charge < -0.3 is 26.4 Å². The molecule has 1 aromatic rings. The van der Waals surface area contributed by atoms with E-state index in [1.807, 2.05) is 24.3 Å². The summed E-state index contributed by atoms with van der Waals surface area (Å²) < 4.78 is 5.78. The van der Waals surface area contributed by atoms with Crippen LogP contribution in [0.2, 0.25) is 0 Å². The summed E-state index contributed by atoms with van der Waals surface area (Å²) in [5.74, 6) is 0.956. The first-order valence-electron chi connectivity index (χ1n) is 8.85. The van der Waals surface area contributed by atoms with E-state index >= 15 is 0 Å². The van der Waals surface area contributed by atoms with Crippen LogP contribution in [0.3, 0.4) is 0 Å². The van der Waals surface area contributed by atoms with Gasteiger partial charge in [-0.05, 0) is 24.0 Å². The molecule has 5 N–H and O–H groups in total. The van der Waals surface area contributed by atoms with Crippen LogP contribution in [-0.4, -0.2) is 43.1 Å². The molecule has 0 aromatic heterocycles. The van der Waals surface area contributed by atoms with Crippen molar-refractivity contribution in [3.63, 3.8) is 0 Å². The fourth-order valence-corrected chi connectivity index (χ4v) is 3.12. The van der Waals surface area contributed by atoms with E-state index < -0.39 is 6.03 Å². The Labute approximate surface area is 151 Å². The molecule has 140 valence electrons. The zero-order chi connectivity index (χ0) is 18.5. The minimum atomic E-state index is -0.642. The van der Waals surface area contributed by atoms with Gasteiger partial charge in [0.15, 0.2) is 0 Å². The second-order valence-corrected chi connectivity index (χ2v) is 6.77. The van der Waals surface area contributed by atoms with Crippen LogP contribution in [0, 0.1) is 5.92 Å². The van der Waals surface area contributed by atoms with E-state index in [0.717, 1.165) is 24.2 Å². The third kappa shape index (κ3) is 5.11. The van der Waals surface area contributed by atoms with E-state index in [1.54, 1.807) is 0 Å². The number of carbonyl (C=O) groups is 3. The van der Waals surface area contributed by atoms with Gasteiger partial charge in [0.05, 0.1) is 6.42 Å². The number of amides is 4. The minimum absolute atomic E-state index is 0.0210. The van der Waals surface area contributed by atoms with E-state index in [0.29, 0.717) is 13.0 Å². The van der Waals surface area contributed by atoms with Gasteiger partial charge >= 0.3 is 6.03 Å². The lowest BCUT2D eigenvalue weighted by atomic mass is 10.1. The summed E-state index contributed by atoms with van der Waals surface area (Å²) in [6.07, 6.45) is 2.03. The summed E-state index contributed by atoms with van der Waals surface area (Å²) in [7, 11) is 0. The number of nitrogens with one attached hydrogen (secondary N) is 3. The average Bonchev–Trinajstić information content (AvgIpc) is 3.18. The monoisotopic (exact) mass is 360 g/mol. The van der Waals surface area contributed by atoms with Crippen LogP contribution in [-0.2, 0) is 16.0 Å². The van der Waals surface area contributed by atoms with Gasteiger partial charge in [-0.3, -0.25) is 9.59 Å². The zero-order valence-electron chi connectivity index (χ0n) is 14.5. The Kier molecular flexibility index (Phi) is 5.60. The van der Waals surface area contributed by atoms with Crippen LogP contribution in [0.4, 0.5) is 4.79 Å². The first kappa shape index (κ1) is 18.0. The molecule has 1 aliphatic carbocycles. The number of primary amides is 1. The molecule has 0 bridgehead atoms. The lowest BCUT2D eigenvalue weighted by molar-refractivity contribution is -0.122. The van der Waals surface area contributed by atoms with Gasteiger partial charge in [0, 0.05) is 32.0 Å². The molecule has 8 nitrogen and oxygen atoms in total. The standard InChI is InChI=1S/C18H24N4O4/c19-18(25)20-6-5-16(23)21-10-12-8-14(12)22-17(24)9-13-7-11-3-1-2-4-15(11)26-13/h1-4,12-14H,5-10H2,(H,21,23)(H,22,24)(H3,19,20,25). The molecule has 8 heteroatoms. The second-order valence-electron chi connectivity index (χ2n) is 6.77. The number of fused-ring (bicyclic) bond motifs is 1. The van der Waals surface area contributed by atoms with Crippen LogP contribution in [0.1, 0.15) is 24.8 Å². The molecular formula is C18H24N4O4. The molecule has 3 rings (SSSR count). The molecule has 26 heavy (non-hydrogen) atoms. The number of hydrogen-bond donors (Lipinski definition) is 4. The molecule has 0 radical (unpaired) electrons. The summed E-state index contributed by atoms with van der Waals surface area (Å²) in [4.78, 5) is 34.3. The Morgan fingerprint density at radius 3 is 2.73 bits per heavy atom. The number of nitrogens with two attached hydrogens (primary N) is 1. The Balaban J connectivity index is 1.29. The highest BCUT2D eigenvalue weighted by Gasteiger charge is 2.38. The summed E-state index contributed by atoms with van der Waals surface area (Å²) in [5, 5.41) is 8.16. The van der Waals surface area contributed by atoms with Gasteiger partial charge in [-0.25, -0.2) is 4.79 Å². The number of ether oxygens (including phenoxy) is 1. The topological polar surface area (TPSA) is 123 Å². The Bertz CT molecular complexity index is 669. The molecule has 2 aliphatic rings. The van der Waals surface area contributed by atoms with Gasteiger partial charge in [0.25, 0.3) is 0 Å². The molecule has 0 spiro atoms. The van der Waals surface area contributed by atoms with Crippen molar-refractivity contribution in [1.82, 2.24) is 16.0 Å². The largest absolute Gasteiger partial charge is 0.489 e. The SMILES string of the molecule is NC(=O)NCCC(=O)NCC1CC1NC(=O)CC1Cc2ccccc2O1. The van der Waals surface area contributed by atoms with Crippen molar-refractivity contribution >= 4 is 17.8 Å². The Morgan fingerprint density at radius 1 is 1.15 bits per heavy atom. The maximum Gasteiger partial charge on any atom is 0.312 e. The first-order chi connectivity index (χ1) is 12.5. The predicted octanol–water partition coefficient (Wildman–Crippen LogP) is 0.0595. The number of hydrogen-bond acceptors (Lipinski definition) is 4. The van der Waals surface area contributed by atoms with Crippen LogP contribution in [0.25, 0.3) is 0 Å². The normalized spacial score (nSPS) is 22.7. The number of benzene rings is 1. The van der Waals surface area contributed by atoms with Crippen molar-refractivity contribution in [1.29, 1.82) is 0 Å². The molecule has 3 atom stereocenters. The van der Waals surface area contributed by atoms with E-state index in [9.17, 15) is 14.4 Å². The first-order valence-corrected chi connectivity index (χ1v) is 8.85. The van der Waals surface area contributed by atoms with Crippen LogP contribution >= 0.6 is 0 Å². The number of para-hydroxylation sites is 1. The highest BCUT2D eigenvalue weighted by molar-refractivity contribution is 5.78. The smallest absolute Gasteiger partial charge is 0.312 e. The van der Waals surface area contributed by atoms with Crippen molar-refractivity contribution in [3.8, 4) is 5.75 Å². The summed E-state index contributed by atoms with van der Waals surface area (Å²) in [6, 6.07) is 7.30. The lowest BCUT2D eigenvalue weighted by Crippen LogP contribution is -2.35. The van der Waals surface area contributed by atoms with Crippen molar-refractivity contribution in [3.05, 3.63) is 29.8 Å². The van der Waals surface area contributed by atoms with Crippen LogP contribution < -0.4 is 26.4 Å². The molecule has 1 heterocycles. The zero-order valence-corrected chi connectivity index (χ0v) is 14.5. The second kappa shape index (κ2) is 8.07. The van der Waals surface area contributed by atoms with Crippen molar-refractivity contribution in [2.75, 3.05) is 13.1 Å². The molecule has 4 amide bonds. The molecule has 3 unspecified atom stereocenters. The van der Waals surface area contributed by atoms with E-state index in [4.69, 9.17) is 10.5 Å². The third-order valence-corrected chi connectivity index (χ3v) is 4.61. The van der Waals surface area contributed by atoms with Gasteiger partial charge in [0.2, 0.25) is 11.8 Å². The molecule has 1 fully saturated rings. The Morgan fingerprint density at radius 2 is 1.96 bits per heavy atom. The van der Waals surface area contributed by atoms with Gasteiger partial charge in [0.1, 0.15) is 11.9 Å². The number of carbonyl (C=O) groups excluding carboxylic acids is 3. The van der Waals surface area contributed by atoms with E-state index in [1.165, 1.54) is 0 Å². The van der Waals surface area contributed by atoms with Gasteiger partial charge in [-0.2, -0.15) is 0 Å². The van der Waals surface area contributed by atoms with Crippen LogP contribution in [0.15, 0.2) is 24.3 Å². The maximum atomic E-state index is 12.2. The van der Waals surface area contributed by atoms with Crippen molar-refractivity contribution in [2.24, 2.45) is 11.7 Å². The minimum Gasteiger partial charge on any atom is -0.489 e. The lowest BCUT2D eigenvalue weighted by Gasteiger charge is -2.11. The predicted molar refractivity (Wildman–Crippen MR) is 94.4 cm³/mol. The molecular weight excluding hydrogens is 336 g/mol. The quantitative estimate of drug-likeness (QED) is 0.523. The molecule has 1 aliphatic heterocycles. The maximum absolute atomic E-state index is 12.2. The van der Waals surface area contributed by atoms with Gasteiger partial charge in [-0.1, -0.05) is 18.2 Å².